The van der Waals surface area contributed by atoms with E-state index in [4.69, 9.17) is 0 Å². The normalized spacial score (nSPS) is 9.82. The van der Waals surface area contributed by atoms with Crippen molar-refractivity contribution in [2.45, 2.75) is 6.92 Å². The Balaban J connectivity index is 2.89. The van der Waals surface area contributed by atoms with Crippen LogP contribution in [0, 0.1) is 6.92 Å². The van der Waals surface area contributed by atoms with Gasteiger partial charge in [-0.2, -0.15) is 0 Å². The van der Waals surface area contributed by atoms with Crippen molar-refractivity contribution in [3.05, 3.63) is 29.3 Å². The third-order valence-electron chi connectivity index (χ3n) is 2.47. The highest BCUT2D eigenvalue weighted by molar-refractivity contribution is 5.98. The standard InChI is InChI=1S/C12H16N2O3/c1-8-5-4-6-9(11(8)16)12(17)14(3)7-10(15)13-2/h4-6,16H,7H2,1-3H3,(H,13,15). The van der Waals surface area contributed by atoms with Gasteiger partial charge in [0, 0.05) is 14.1 Å². The van der Waals surface area contributed by atoms with Gasteiger partial charge in [0.1, 0.15) is 5.75 Å². The number of para-hydroxylation sites is 1. The highest BCUT2D eigenvalue weighted by atomic mass is 16.3. The Morgan fingerprint density at radius 2 is 2.06 bits per heavy atom. The number of rotatable bonds is 3. The summed E-state index contributed by atoms with van der Waals surface area (Å²) in [5, 5.41) is 12.2. The molecule has 0 saturated heterocycles. The lowest BCUT2D eigenvalue weighted by Crippen LogP contribution is -2.36. The number of hydrogen-bond donors (Lipinski definition) is 2. The lowest BCUT2D eigenvalue weighted by atomic mass is 10.1. The number of hydrogen-bond acceptors (Lipinski definition) is 3. The van der Waals surface area contributed by atoms with Gasteiger partial charge in [0.05, 0.1) is 12.1 Å². The first kappa shape index (κ1) is 13.0. The molecule has 0 heterocycles. The summed E-state index contributed by atoms with van der Waals surface area (Å²) in [6.07, 6.45) is 0. The van der Waals surface area contributed by atoms with Crippen molar-refractivity contribution in [3.8, 4) is 5.75 Å². The predicted molar refractivity (Wildman–Crippen MR) is 63.9 cm³/mol. The number of aryl methyl sites for hydroxylation is 1. The van der Waals surface area contributed by atoms with Crippen molar-refractivity contribution in [3.63, 3.8) is 0 Å². The fraction of sp³-hybridized carbons (Fsp3) is 0.333. The summed E-state index contributed by atoms with van der Waals surface area (Å²) in [5.41, 5.74) is 0.834. The van der Waals surface area contributed by atoms with Crippen LogP contribution in [0.5, 0.6) is 5.75 Å². The molecule has 0 bridgehead atoms. The van der Waals surface area contributed by atoms with E-state index in [1.807, 2.05) is 0 Å². The molecule has 0 fully saturated rings. The van der Waals surface area contributed by atoms with E-state index in [2.05, 4.69) is 5.32 Å². The molecule has 92 valence electrons. The van der Waals surface area contributed by atoms with E-state index in [0.717, 1.165) is 0 Å². The van der Waals surface area contributed by atoms with Crippen LogP contribution in [-0.2, 0) is 4.79 Å². The molecule has 0 aromatic heterocycles. The second-order valence-electron chi connectivity index (χ2n) is 3.81. The van der Waals surface area contributed by atoms with E-state index in [1.165, 1.54) is 25.1 Å². The van der Waals surface area contributed by atoms with Crippen LogP contribution >= 0.6 is 0 Å². The molecule has 0 aliphatic heterocycles. The SMILES string of the molecule is CNC(=O)CN(C)C(=O)c1cccc(C)c1O. The van der Waals surface area contributed by atoms with Crippen LogP contribution < -0.4 is 5.32 Å². The van der Waals surface area contributed by atoms with Crippen LogP contribution in [0.4, 0.5) is 0 Å². The minimum Gasteiger partial charge on any atom is -0.507 e. The number of nitrogens with zero attached hydrogens (tertiary/aromatic N) is 1. The zero-order chi connectivity index (χ0) is 13.0. The van der Waals surface area contributed by atoms with E-state index in [1.54, 1.807) is 19.1 Å². The van der Waals surface area contributed by atoms with Crippen molar-refractivity contribution >= 4 is 11.8 Å². The summed E-state index contributed by atoms with van der Waals surface area (Å²) in [6, 6.07) is 4.94. The average molecular weight is 236 g/mol. The number of amides is 2. The van der Waals surface area contributed by atoms with Gasteiger partial charge in [-0.15, -0.1) is 0 Å². The monoisotopic (exact) mass is 236 g/mol. The first-order valence-electron chi connectivity index (χ1n) is 5.22. The summed E-state index contributed by atoms with van der Waals surface area (Å²) in [5.74, 6) is -0.677. The van der Waals surface area contributed by atoms with Gasteiger partial charge in [0.25, 0.3) is 5.91 Å². The molecule has 2 amide bonds. The van der Waals surface area contributed by atoms with Gasteiger partial charge in [-0.05, 0) is 18.6 Å². The molecular formula is C12H16N2O3. The lowest BCUT2D eigenvalue weighted by Gasteiger charge is -2.17. The second-order valence-corrected chi connectivity index (χ2v) is 3.81. The Morgan fingerprint density at radius 3 is 2.65 bits per heavy atom. The molecule has 1 aromatic rings. The highest BCUT2D eigenvalue weighted by Gasteiger charge is 2.18. The summed E-state index contributed by atoms with van der Waals surface area (Å²) in [6.45, 7) is 1.67. The molecule has 1 rings (SSSR count). The molecule has 5 nitrogen and oxygen atoms in total. The number of phenolic OH excluding ortho intramolecular Hbond substituents is 1. The van der Waals surface area contributed by atoms with E-state index < -0.39 is 0 Å². The molecule has 0 radical (unpaired) electrons. The minimum atomic E-state index is -0.380. The van der Waals surface area contributed by atoms with Crippen molar-refractivity contribution < 1.29 is 14.7 Å². The zero-order valence-electron chi connectivity index (χ0n) is 10.2. The van der Waals surface area contributed by atoms with Gasteiger partial charge in [-0.25, -0.2) is 0 Å². The number of nitrogens with one attached hydrogen (secondary N) is 1. The molecule has 0 unspecified atom stereocenters. The van der Waals surface area contributed by atoms with Crippen molar-refractivity contribution in [2.24, 2.45) is 0 Å². The van der Waals surface area contributed by atoms with Crippen LogP contribution in [0.15, 0.2) is 18.2 Å². The molecule has 0 atom stereocenters. The molecule has 0 aliphatic carbocycles. The van der Waals surface area contributed by atoms with Crippen molar-refractivity contribution in [1.29, 1.82) is 0 Å². The molecule has 2 N–H and O–H groups in total. The molecule has 0 saturated carbocycles. The van der Waals surface area contributed by atoms with Gasteiger partial charge in [0.2, 0.25) is 5.91 Å². The van der Waals surface area contributed by atoms with Crippen LogP contribution in [-0.4, -0.2) is 42.5 Å². The van der Waals surface area contributed by atoms with E-state index in [0.29, 0.717) is 5.56 Å². The number of benzene rings is 1. The van der Waals surface area contributed by atoms with Gasteiger partial charge in [0.15, 0.2) is 0 Å². The Kier molecular flexibility index (Phi) is 4.09. The maximum absolute atomic E-state index is 12.0. The third-order valence-corrected chi connectivity index (χ3v) is 2.47. The quantitative estimate of drug-likeness (QED) is 0.803. The Labute approximate surface area is 100 Å². The molecule has 0 spiro atoms. The summed E-state index contributed by atoms with van der Waals surface area (Å²) < 4.78 is 0. The zero-order valence-corrected chi connectivity index (χ0v) is 10.2. The molecular weight excluding hydrogens is 220 g/mol. The van der Waals surface area contributed by atoms with E-state index >= 15 is 0 Å². The Bertz CT molecular complexity index is 443. The Morgan fingerprint density at radius 1 is 1.41 bits per heavy atom. The van der Waals surface area contributed by atoms with Crippen molar-refractivity contribution in [1.82, 2.24) is 10.2 Å². The fourth-order valence-electron chi connectivity index (χ4n) is 1.40. The predicted octanol–water partition coefficient (Wildman–Crippen LogP) is 0.519. The maximum atomic E-state index is 12.0. The maximum Gasteiger partial charge on any atom is 0.257 e. The van der Waals surface area contributed by atoms with E-state index in [9.17, 15) is 14.7 Å². The van der Waals surface area contributed by atoms with Crippen LogP contribution in [0.1, 0.15) is 15.9 Å². The first-order valence-corrected chi connectivity index (χ1v) is 5.22. The van der Waals surface area contributed by atoms with Crippen molar-refractivity contribution in [2.75, 3.05) is 20.6 Å². The largest absolute Gasteiger partial charge is 0.507 e. The van der Waals surface area contributed by atoms with Gasteiger partial charge < -0.3 is 15.3 Å². The number of carbonyl (C=O) groups is 2. The Hall–Kier alpha value is -2.04. The fourth-order valence-corrected chi connectivity index (χ4v) is 1.40. The number of likely N-dealkylation sites (N-methyl/N-ethyl adjacent to an activating group) is 2. The highest BCUT2D eigenvalue weighted by Crippen LogP contribution is 2.22. The van der Waals surface area contributed by atoms with Gasteiger partial charge >= 0.3 is 0 Å². The summed E-state index contributed by atoms with van der Waals surface area (Å²) >= 11 is 0. The van der Waals surface area contributed by atoms with Crippen LogP contribution in [0.2, 0.25) is 0 Å². The second kappa shape index (κ2) is 5.34. The lowest BCUT2D eigenvalue weighted by molar-refractivity contribution is -0.121. The molecule has 0 aliphatic rings. The summed E-state index contributed by atoms with van der Waals surface area (Å²) in [4.78, 5) is 24.4. The molecule has 17 heavy (non-hydrogen) atoms. The number of carbonyl (C=O) groups excluding carboxylic acids is 2. The topological polar surface area (TPSA) is 69.6 Å². The number of aromatic hydroxyl groups is 1. The van der Waals surface area contributed by atoms with Crippen LogP contribution in [0.25, 0.3) is 0 Å². The molecule has 5 heteroatoms. The minimum absolute atomic E-state index is 0.0390. The average Bonchev–Trinajstić information content (AvgIpc) is 2.31. The van der Waals surface area contributed by atoms with Gasteiger partial charge in [-0.1, -0.05) is 12.1 Å². The first-order chi connectivity index (χ1) is 7.97. The molecule has 1 aromatic carbocycles. The summed E-state index contributed by atoms with van der Waals surface area (Å²) in [7, 11) is 3.02. The van der Waals surface area contributed by atoms with Crippen LogP contribution in [0.3, 0.4) is 0 Å². The number of phenols is 1. The smallest absolute Gasteiger partial charge is 0.257 e. The van der Waals surface area contributed by atoms with Gasteiger partial charge in [-0.3, -0.25) is 9.59 Å². The van der Waals surface area contributed by atoms with E-state index in [-0.39, 0.29) is 29.7 Å². The third kappa shape index (κ3) is 2.96.